The summed E-state index contributed by atoms with van der Waals surface area (Å²) >= 11 is 1.54. The Kier molecular flexibility index (Phi) is 11.6. The zero-order chi connectivity index (χ0) is 32.4. The molecule has 0 fully saturated rings. The van der Waals surface area contributed by atoms with Crippen LogP contribution in [-0.2, 0) is 33.6 Å². The maximum atomic E-state index is 14.4. The number of benzene rings is 2. The normalized spacial score (nSPS) is 13.0. The first-order valence-electron chi connectivity index (χ1n) is 15.2. The van der Waals surface area contributed by atoms with E-state index in [9.17, 15) is 14.4 Å². The molecular formula is C36H43N5O3S. The lowest BCUT2D eigenvalue weighted by atomic mass is 9.99. The van der Waals surface area contributed by atoms with E-state index >= 15 is 0 Å². The minimum atomic E-state index is -0.838. The van der Waals surface area contributed by atoms with Crippen LogP contribution in [0.1, 0.15) is 36.3 Å². The molecule has 0 unspecified atom stereocenters. The summed E-state index contributed by atoms with van der Waals surface area (Å²) in [4.78, 5) is 49.4. The second kappa shape index (κ2) is 15.6. The summed E-state index contributed by atoms with van der Waals surface area (Å²) in [6.07, 6.45) is 8.49. The minimum Gasteiger partial charge on any atom is -0.354 e. The lowest BCUT2D eigenvalue weighted by molar-refractivity contribution is -0.146. The summed E-state index contributed by atoms with van der Waals surface area (Å²) in [5.41, 5.74) is 7.62. The smallest absolute Gasteiger partial charge is 0.246 e. The van der Waals surface area contributed by atoms with Crippen LogP contribution >= 0.6 is 11.3 Å². The fourth-order valence-corrected chi connectivity index (χ4v) is 5.87. The van der Waals surface area contributed by atoms with Gasteiger partial charge in [0.05, 0.1) is 0 Å². The van der Waals surface area contributed by atoms with E-state index < -0.39 is 17.6 Å². The zero-order valence-electron chi connectivity index (χ0n) is 26.5. The highest BCUT2D eigenvalue weighted by molar-refractivity contribution is 7.09. The van der Waals surface area contributed by atoms with Gasteiger partial charge in [0.15, 0.2) is 0 Å². The molecule has 236 valence electrons. The van der Waals surface area contributed by atoms with Crippen LogP contribution < -0.4 is 11.1 Å². The van der Waals surface area contributed by atoms with Gasteiger partial charge in [0.2, 0.25) is 17.7 Å². The van der Waals surface area contributed by atoms with Crippen LogP contribution in [0.5, 0.6) is 0 Å². The van der Waals surface area contributed by atoms with Crippen molar-refractivity contribution >= 4 is 39.8 Å². The van der Waals surface area contributed by atoms with Crippen LogP contribution in [0.3, 0.4) is 0 Å². The standard InChI is InChI=1S/C36H43N5O3S/c1-36(2,37)18-7-12-33(42)40(3)32(24-27-13-14-28-9-5-6-10-29(28)23-27)35(44)41(4)31(25-30-11-8-22-45-30)34(43)39-21-17-26-15-19-38-20-16-26/h5-16,19-20,22-23,31-32H,17-18,21,24-25,37H2,1-4H3,(H,39,43)/b12-7+/t31-,32-/m1/s1. The highest BCUT2D eigenvalue weighted by Gasteiger charge is 2.35. The second-order valence-electron chi connectivity index (χ2n) is 12.1. The van der Waals surface area contributed by atoms with Crippen molar-refractivity contribution in [2.75, 3.05) is 20.6 Å². The topological polar surface area (TPSA) is 109 Å². The first-order valence-corrected chi connectivity index (χ1v) is 16.1. The first-order chi connectivity index (χ1) is 21.5. The molecule has 0 saturated heterocycles. The van der Waals surface area contributed by atoms with Gasteiger partial charge in [-0.3, -0.25) is 19.4 Å². The third-order valence-corrected chi connectivity index (χ3v) is 8.70. The summed E-state index contributed by atoms with van der Waals surface area (Å²) in [5, 5.41) is 7.14. The van der Waals surface area contributed by atoms with Gasteiger partial charge in [-0.2, -0.15) is 0 Å². The Labute approximate surface area is 269 Å². The van der Waals surface area contributed by atoms with Gasteiger partial charge in [0, 0.05) is 56.3 Å². The van der Waals surface area contributed by atoms with Crippen LogP contribution in [0.2, 0.25) is 0 Å². The average Bonchev–Trinajstić information content (AvgIpc) is 3.54. The highest BCUT2D eigenvalue weighted by atomic mass is 32.1. The van der Waals surface area contributed by atoms with Crippen LogP contribution in [0.4, 0.5) is 0 Å². The number of nitrogens with one attached hydrogen (secondary N) is 1. The first kappa shape index (κ1) is 33.6. The Hall–Kier alpha value is -4.34. The molecule has 3 N–H and O–H groups in total. The summed E-state index contributed by atoms with van der Waals surface area (Å²) < 4.78 is 0. The summed E-state index contributed by atoms with van der Waals surface area (Å²) in [5.74, 6) is -0.849. The van der Waals surface area contributed by atoms with E-state index in [0.29, 0.717) is 32.2 Å². The molecule has 0 bridgehead atoms. The number of rotatable bonds is 14. The van der Waals surface area contributed by atoms with Crippen molar-refractivity contribution in [2.24, 2.45) is 5.73 Å². The van der Waals surface area contributed by atoms with Gasteiger partial charge >= 0.3 is 0 Å². The molecule has 2 aromatic heterocycles. The molecule has 4 rings (SSSR count). The highest BCUT2D eigenvalue weighted by Crippen LogP contribution is 2.21. The van der Waals surface area contributed by atoms with E-state index in [1.165, 1.54) is 15.9 Å². The summed E-state index contributed by atoms with van der Waals surface area (Å²) in [6, 6.07) is 20.2. The van der Waals surface area contributed by atoms with Crippen LogP contribution in [0.25, 0.3) is 10.8 Å². The van der Waals surface area contributed by atoms with Crippen molar-refractivity contribution in [1.29, 1.82) is 0 Å². The number of hydrogen-bond donors (Lipinski definition) is 2. The molecule has 45 heavy (non-hydrogen) atoms. The molecule has 4 aromatic rings. The number of nitrogens with zero attached hydrogens (tertiary/aromatic N) is 3. The van der Waals surface area contributed by atoms with Gasteiger partial charge < -0.3 is 20.9 Å². The van der Waals surface area contributed by atoms with Gasteiger partial charge in [-0.15, -0.1) is 11.3 Å². The van der Waals surface area contributed by atoms with Gasteiger partial charge in [-0.1, -0.05) is 54.6 Å². The molecule has 0 spiro atoms. The molecule has 0 aliphatic rings. The average molecular weight is 626 g/mol. The molecule has 0 aliphatic carbocycles. The lowest BCUT2D eigenvalue weighted by Gasteiger charge is -2.34. The third kappa shape index (κ3) is 9.83. The van der Waals surface area contributed by atoms with Gasteiger partial charge in [0.1, 0.15) is 12.1 Å². The molecule has 2 atom stereocenters. The lowest BCUT2D eigenvalue weighted by Crippen LogP contribution is -2.56. The van der Waals surface area contributed by atoms with Gasteiger partial charge in [-0.25, -0.2) is 0 Å². The monoisotopic (exact) mass is 625 g/mol. The zero-order valence-corrected chi connectivity index (χ0v) is 27.3. The maximum Gasteiger partial charge on any atom is 0.246 e. The van der Waals surface area contributed by atoms with Crippen molar-refractivity contribution in [3.63, 3.8) is 0 Å². The van der Waals surface area contributed by atoms with E-state index in [1.807, 2.05) is 79.9 Å². The quantitative estimate of drug-likeness (QED) is 0.196. The Morgan fingerprint density at radius 1 is 0.911 bits per heavy atom. The van der Waals surface area contributed by atoms with E-state index in [4.69, 9.17) is 5.73 Å². The summed E-state index contributed by atoms with van der Waals surface area (Å²) in [6.45, 7) is 4.21. The molecule has 2 heterocycles. The molecule has 0 aliphatic heterocycles. The van der Waals surface area contributed by atoms with E-state index in [-0.39, 0.29) is 17.7 Å². The number of carbonyl (C=O) groups is 3. The Balaban J connectivity index is 1.59. The molecule has 8 nitrogen and oxygen atoms in total. The van der Waals surface area contributed by atoms with E-state index in [1.54, 1.807) is 43.9 Å². The molecule has 2 aromatic carbocycles. The fourth-order valence-electron chi connectivity index (χ4n) is 5.12. The molecular weight excluding hydrogens is 582 g/mol. The number of nitrogens with two attached hydrogens (primary N) is 1. The van der Waals surface area contributed by atoms with Crippen molar-refractivity contribution < 1.29 is 14.4 Å². The number of aromatic nitrogens is 1. The number of thiophene rings is 1. The fraction of sp³-hybridized carbons (Fsp3) is 0.333. The number of amides is 3. The predicted molar refractivity (Wildman–Crippen MR) is 182 cm³/mol. The Morgan fingerprint density at radius 3 is 2.33 bits per heavy atom. The minimum absolute atomic E-state index is 0.239. The van der Waals surface area contributed by atoms with Crippen LogP contribution in [0, 0.1) is 0 Å². The van der Waals surface area contributed by atoms with Gasteiger partial charge in [0.25, 0.3) is 0 Å². The second-order valence-corrected chi connectivity index (χ2v) is 13.1. The van der Waals surface area contributed by atoms with E-state index in [0.717, 1.165) is 26.8 Å². The predicted octanol–water partition coefficient (Wildman–Crippen LogP) is 4.78. The molecule has 3 amide bonds. The number of fused-ring (bicyclic) bond motifs is 1. The Morgan fingerprint density at radius 2 is 1.64 bits per heavy atom. The molecule has 0 saturated carbocycles. The van der Waals surface area contributed by atoms with Crippen molar-refractivity contribution in [2.45, 2.75) is 57.2 Å². The van der Waals surface area contributed by atoms with Crippen molar-refractivity contribution in [1.82, 2.24) is 20.1 Å². The van der Waals surface area contributed by atoms with Crippen molar-refractivity contribution in [3.8, 4) is 0 Å². The van der Waals surface area contributed by atoms with Crippen molar-refractivity contribution in [3.05, 3.63) is 113 Å². The van der Waals surface area contributed by atoms with Crippen LogP contribution in [0.15, 0.2) is 96.7 Å². The number of carbonyl (C=O) groups excluding carboxylic acids is 3. The van der Waals surface area contributed by atoms with E-state index in [2.05, 4.69) is 16.4 Å². The largest absolute Gasteiger partial charge is 0.354 e. The summed E-state index contributed by atoms with van der Waals surface area (Å²) in [7, 11) is 3.29. The van der Waals surface area contributed by atoms with Crippen LogP contribution in [-0.4, -0.2) is 70.8 Å². The number of likely N-dealkylation sites (N-methyl/N-ethyl adjacent to an activating group) is 2. The Bertz CT molecular complexity index is 1600. The van der Waals surface area contributed by atoms with Gasteiger partial charge in [-0.05, 0) is 78.2 Å². The number of pyridine rings is 1. The molecule has 9 heteroatoms. The maximum absolute atomic E-state index is 14.4. The third-order valence-electron chi connectivity index (χ3n) is 7.80. The SMILES string of the molecule is CN(C(=O)/C=C/CC(C)(C)N)[C@H](Cc1ccc2ccccc2c1)C(=O)N(C)[C@H](Cc1cccs1)C(=O)NCCc1ccncc1. The number of hydrogen-bond acceptors (Lipinski definition) is 6. The molecule has 0 radical (unpaired) electrons.